The van der Waals surface area contributed by atoms with Crippen LogP contribution < -0.4 is 5.43 Å². The lowest BCUT2D eigenvalue weighted by Crippen LogP contribution is -2.33. The molecule has 1 heterocycles. The third-order valence-corrected chi connectivity index (χ3v) is 4.51. The first-order valence-corrected chi connectivity index (χ1v) is 7.67. The quantitative estimate of drug-likeness (QED) is 0.932. The van der Waals surface area contributed by atoms with Crippen LogP contribution in [-0.4, -0.2) is 16.7 Å². The van der Waals surface area contributed by atoms with E-state index in [0.717, 1.165) is 11.3 Å². The van der Waals surface area contributed by atoms with Gasteiger partial charge in [0.2, 0.25) is 0 Å². The molecule has 1 amide bonds. The van der Waals surface area contributed by atoms with E-state index in [0.29, 0.717) is 10.8 Å². The molecule has 20 heavy (non-hydrogen) atoms. The molecule has 0 bridgehead atoms. The number of benzene rings is 2. The highest BCUT2D eigenvalue weighted by Gasteiger charge is 2.33. The van der Waals surface area contributed by atoms with Crippen LogP contribution in [0.4, 0.5) is 5.69 Å². The van der Waals surface area contributed by atoms with Crippen molar-refractivity contribution >= 4 is 35.0 Å². The Morgan fingerprint density at radius 2 is 1.80 bits per heavy atom. The van der Waals surface area contributed by atoms with Crippen molar-refractivity contribution in [1.82, 2.24) is 5.01 Å². The second-order valence-electron chi connectivity index (χ2n) is 4.46. The molecule has 2 aromatic rings. The van der Waals surface area contributed by atoms with Gasteiger partial charge in [-0.3, -0.25) is 10.2 Å². The van der Waals surface area contributed by atoms with Crippen molar-refractivity contribution in [2.45, 2.75) is 5.37 Å². The SMILES string of the molecule is O=C1CS[C@@H](c2ccc(Cl)cc2)N1Nc1ccccc1. The lowest BCUT2D eigenvalue weighted by atomic mass is 10.2. The van der Waals surface area contributed by atoms with Gasteiger partial charge in [-0.25, -0.2) is 5.01 Å². The molecule has 0 saturated carbocycles. The van der Waals surface area contributed by atoms with Crippen molar-refractivity contribution in [3.05, 3.63) is 65.2 Å². The average Bonchev–Trinajstić information content (AvgIpc) is 2.83. The fraction of sp³-hybridized carbons (Fsp3) is 0.133. The molecule has 1 aliphatic rings. The zero-order valence-corrected chi connectivity index (χ0v) is 12.2. The lowest BCUT2D eigenvalue weighted by Gasteiger charge is -2.25. The van der Waals surface area contributed by atoms with Gasteiger partial charge in [0, 0.05) is 5.02 Å². The molecular weight excluding hydrogens is 292 g/mol. The Balaban J connectivity index is 1.83. The van der Waals surface area contributed by atoms with E-state index in [1.807, 2.05) is 54.6 Å². The van der Waals surface area contributed by atoms with Crippen molar-refractivity contribution in [1.29, 1.82) is 0 Å². The minimum atomic E-state index is -0.0278. The molecule has 3 rings (SSSR count). The number of anilines is 1. The van der Waals surface area contributed by atoms with Gasteiger partial charge in [-0.2, -0.15) is 0 Å². The van der Waals surface area contributed by atoms with E-state index in [9.17, 15) is 4.79 Å². The van der Waals surface area contributed by atoms with Crippen LogP contribution in [0.5, 0.6) is 0 Å². The maximum Gasteiger partial charge on any atom is 0.252 e. The first-order chi connectivity index (χ1) is 9.74. The monoisotopic (exact) mass is 304 g/mol. The normalized spacial score (nSPS) is 18.4. The van der Waals surface area contributed by atoms with Gasteiger partial charge in [0.1, 0.15) is 5.37 Å². The predicted molar refractivity (Wildman–Crippen MR) is 83.6 cm³/mol. The van der Waals surface area contributed by atoms with Gasteiger partial charge in [-0.15, -0.1) is 11.8 Å². The van der Waals surface area contributed by atoms with E-state index in [2.05, 4.69) is 5.43 Å². The number of amides is 1. The largest absolute Gasteiger partial charge is 0.295 e. The molecule has 0 aliphatic carbocycles. The molecular formula is C15H13ClN2OS. The van der Waals surface area contributed by atoms with Crippen molar-refractivity contribution in [2.75, 3.05) is 11.2 Å². The van der Waals surface area contributed by atoms with Gasteiger partial charge in [0.05, 0.1) is 11.4 Å². The number of rotatable bonds is 3. The maximum atomic E-state index is 12.0. The van der Waals surface area contributed by atoms with Crippen LogP contribution in [0.3, 0.4) is 0 Å². The highest BCUT2D eigenvalue weighted by Crippen LogP contribution is 2.38. The Kier molecular flexibility index (Phi) is 3.85. The number of thioether (sulfide) groups is 1. The summed E-state index contributed by atoms with van der Waals surface area (Å²) in [4.78, 5) is 12.0. The lowest BCUT2D eigenvalue weighted by molar-refractivity contribution is -0.126. The zero-order chi connectivity index (χ0) is 13.9. The maximum absolute atomic E-state index is 12.0. The van der Waals surface area contributed by atoms with Gasteiger partial charge < -0.3 is 0 Å². The van der Waals surface area contributed by atoms with E-state index in [1.54, 1.807) is 16.8 Å². The third-order valence-electron chi connectivity index (χ3n) is 3.05. The Hall–Kier alpha value is -1.65. The smallest absolute Gasteiger partial charge is 0.252 e. The Morgan fingerprint density at radius 3 is 2.50 bits per heavy atom. The molecule has 3 nitrogen and oxygen atoms in total. The van der Waals surface area contributed by atoms with E-state index >= 15 is 0 Å². The molecule has 1 aliphatic heterocycles. The number of hydrazine groups is 1. The van der Waals surface area contributed by atoms with Crippen LogP contribution in [-0.2, 0) is 4.79 Å². The Bertz CT molecular complexity index is 603. The predicted octanol–water partition coefficient (Wildman–Crippen LogP) is 3.94. The summed E-state index contributed by atoms with van der Waals surface area (Å²) in [6.45, 7) is 0. The summed E-state index contributed by atoms with van der Waals surface area (Å²) in [5.74, 6) is 0.562. The van der Waals surface area contributed by atoms with E-state index < -0.39 is 0 Å². The standard InChI is InChI=1S/C15H13ClN2OS/c16-12-8-6-11(7-9-12)15-18(14(19)10-20-15)17-13-4-2-1-3-5-13/h1-9,15,17H,10H2/t15-/m0/s1. The highest BCUT2D eigenvalue weighted by atomic mass is 35.5. The van der Waals surface area contributed by atoms with Crippen LogP contribution in [0, 0.1) is 0 Å². The molecule has 102 valence electrons. The molecule has 1 fully saturated rings. The molecule has 0 aromatic heterocycles. The molecule has 5 heteroatoms. The second kappa shape index (κ2) is 5.77. The number of hydrogen-bond acceptors (Lipinski definition) is 3. The second-order valence-corrected chi connectivity index (χ2v) is 5.96. The van der Waals surface area contributed by atoms with Gasteiger partial charge >= 0.3 is 0 Å². The summed E-state index contributed by atoms with van der Waals surface area (Å²) < 4.78 is 0. The molecule has 1 atom stereocenters. The summed E-state index contributed by atoms with van der Waals surface area (Å²) in [5.41, 5.74) is 5.15. The van der Waals surface area contributed by atoms with E-state index in [1.165, 1.54) is 0 Å². The van der Waals surface area contributed by atoms with E-state index in [-0.39, 0.29) is 11.3 Å². The molecule has 0 radical (unpaired) electrons. The number of nitrogens with zero attached hydrogens (tertiary/aromatic N) is 1. The molecule has 1 N–H and O–H groups in total. The summed E-state index contributed by atoms with van der Waals surface area (Å²) in [6.07, 6.45) is 0. The van der Waals surface area contributed by atoms with Crippen LogP contribution in [0.25, 0.3) is 0 Å². The van der Waals surface area contributed by atoms with Gasteiger partial charge in [0.15, 0.2) is 0 Å². The first-order valence-electron chi connectivity index (χ1n) is 6.25. The van der Waals surface area contributed by atoms with Gasteiger partial charge in [-0.1, -0.05) is 41.9 Å². The number of halogens is 1. The number of carbonyl (C=O) groups excluding carboxylic acids is 1. The molecule has 2 aromatic carbocycles. The van der Waals surface area contributed by atoms with Crippen LogP contribution >= 0.6 is 23.4 Å². The number of para-hydroxylation sites is 1. The fourth-order valence-electron chi connectivity index (χ4n) is 2.07. The summed E-state index contributed by atoms with van der Waals surface area (Å²) >= 11 is 7.52. The first kappa shape index (κ1) is 13.3. The minimum Gasteiger partial charge on any atom is -0.295 e. The number of hydrogen-bond donors (Lipinski definition) is 1. The van der Waals surface area contributed by atoms with Crippen LogP contribution in [0.2, 0.25) is 5.02 Å². The van der Waals surface area contributed by atoms with Crippen molar-refractivity contribution in [3.63, 3.8) is 0 Å². The number of nitrogens with one attached hydrogen (secondary N) is 1. The summed E-state index contributed by atoms with van der Waals surface area (Å²) in [5, 5.41) is 2.36. The number of carbonyl (C=O) groups is 1. The molecule has 1 saturated heterocycles. The van der Waals surface area contributed by atoms with Crippen LogP contribution in [0.1, 0.15) is 10.9 Å². The Morgan fingerprint density at radius 1 is 1.10 bits per heavy atom. The van der Waals surface area contributed by atoms with Gasteiger partial charge in [-0.05, 0) is 29.8 Å². The van der Waals surface area contributed by atoms with Crippen molar-refractivity contribution < 1.29 is 4.79 Å². The Labute approximate surface area is 126 Å². The summed E-state index contributed by atoms with van der Waals surface area (Å²) in [7, 11) is 0. The summed E-state index contributed by atoms with van der Waals surface area (Å²) in [6, 6.07) is 17.3. The zero-order valence-electron chi connectivity index (χ0n) is 10.6. The third kappa shape index (κ3) is 2.76. The van der Waals surface area contributed by atoms with E-state index in [4.69, 9.17) is 11.6 Å². The topological polar surface area (TPSA) is 32.3 Å². The minimum absolute atomic E-state index is 0.0278. The average molecular weight is 305 g/mol. The molecule has 0 spiro atoms. The van der Waals surface area contributed by atoms with Crippen molar-refractivity contribution in [3.8, 4) is 0 Å². The molecule has 0 unspecified atom stereocenters. The van der Waals surface area contributed by atoms with Crippen molar-refractivity contribution in [2.24, 2.45) is 0 Å². The van der Waals surface area contributed by atoms with Crippen LogP contribution in [0.15, 0.2) is 54.6 Å². The van der Waals surface area contributed by atoms with Gasteiger partial charge in [0.25, 0.3) is 5.91 Å². The highest BCUT2D eigenvalue weighted by molar-refractivity contribution is 8.00. The fourth-order valence-corrected chi connectivity index (χ4v) is 3.30.